The van der Waals surface area contributed by atoms with Gasteiger partial charge in [0.05, 0.1) is 12.9 Å². The van der Waals surface area contributed by atoms with Gasteiger partial charge < -0.3 is 25.4 Å². The van der Waals surface area contributed by atoms with Crippen LogP contribution in [0.25, 0.3) is 11.2 Å². The van der Waals surface area contributed by atoms with E-state index in [1.807, 2.05) is 6.92 Å². The van der Waals surface area contributed by atoms with Crippen molar-refractivity contribution in [2.45, 2.75) is 31.0 Å². The predicted molar refractivity (Wildman–Crippen MR) is 80.3 cm³/mol. The Morgan fingerprint density at radius 1 is 1.48 bits per heavy atom. The smallest absolute Gasteiger partial charge is 0.199 e. The second kappa shape index (κ2) is 5.75. The van der Waals surface area contributed by atoms with E-state index in [2.05, 4.69) is 26.2 Å². The number of nitrogens with one attached hydrogen (secondary N) is 1. The Labute approximate surface area is 132 Å². The van der Waals surface area contributed by atoms with Gasteiger partial charge >= 0.3 is 0 Å². The van der Waals surface area contributed by atoms with Crippen LogP contribution < -0.4 is 5.32 Å². The lowest BCUT2D eigenvalue weighted by atomic mass is 9.95. The normalized spacial score (nSPS) is 30.5. The zero-order valence-corrected chi connectivity index (χ0v) is 12.4. The maximum absolute atomic E-state index is 10.6. The molecule has 4 atom stereocenters. The molecule has 1 fully saturated rings. The van der Waals surface area contributed by atoms with Crippen LogP contribution in [0.5, 0.6) is 0 Å². The van der Waals surface area contributed by atoms with Crippen LogP contribution >= 0.6 is 0 Å². The van der Waals surface area contributed by atoms with E-state index in [0.717, 1.165) is 0 Å². The number of hydrogen-bond donors (Lipinski definition) is 4. The molecule has 1 saturated heterocycles. The highest BCUT2D eigenvalue weighted by Crippen LogP contribution is 2.39. The quantitative estimate of drug-likeness (QED) is 0.522. The molecule has 0 amide bonds. The largest absolute Gasteiger partial charge is 0.394 e. The van der Waals surface area contributed by atoms with E-state index in [1.54, 1.807) is 0 Å². The third kappa shape index (κ3) is 2.24. The van der Waals surface area contributed by atoms with E-state index in [9.17, 15) is 15.3 Å². The van der Waals surface area contributed by atoms with Crippen LogP contribution in [0.1, 0.15) is 13.2 Å². The van der Waals surface area contributed by atoms with E-state index in [4.69, 9.17) is 11.2 Å². The van der Waals surface area contributed by atoms with E-state index < -0.39 is 30.6 Å². The van der Waals surface area contributed by atoms with Gasteiger partial charge in [-0.2, -0.15) is 0 Å². The highest BCUT2D eigenvalue weighted by molar-refractivity contribution is 5.82. The summed E-state index contributed by atoms with van der Waals surface area (Å²) in [5.41, 5.74) is -1.13. The summed E-state index contributed by atoms with van der Waals surface area (Å²) in [5.74, 6) is 2.70. The van der Waals surface area contributed by atoms with Gasteiger partial charge in [0.25, 0.3) is 0 Å². The van der Waals surface area contributed by atoms with Gasteiger partial charge in [-0.05, 0) is 6.92 Å². The molecule has 0 saturated carbocycles. The standard InChI is InChI=1S/C14H17N5O4/c1-3-14(22)10(21)8(5-20)23-13(14)19-7-18-9-11(15-4-2)16-6-17-12(9)19/h1,6-8,10,13,20-22H,4-5H2,2H3,(H,15,16,17)/t8-,10-,13-,14-/m1/s1. The van der Waals surface area contributed by atoms with E-state index in [1.165, 1.54) is 17.2 Å². The number of aromatic nitrogens is 4. The van der Waals surface area contributed by atoms with E-state index in [-0.39, 0.29) is 0 Å². The summed E-state index contributed by atoms with van der Waals surface area (Å²) in [6.45, 7) is 2.09. The van der Waals surface area contributed by atoms with Gasteiger partial charge in [-0.25, -0.2) is 15.0 Å². The van der Waals surface area contributed by atoms with Crippen molar-refractivity contribution in [3.05, 3.63) is 12.7 Å². The molecule has 2 aromatic rings. The molecule has 0 spiro atoms. The van der Waals surface area contributed by atoms with Crippen LogP contribution in [0.2, 0.25) is 0 Å². The van der Waals surface area contributed by atoms with Crippen LogP contribution in [-0.2, 0) is 4.74 Å². The number of rotatable bonds is 4. The lowest BCUT2D eigenvalue weighted by Crippen LogP contribution is -2.45. The number of aliphatic hydroxyl groups excluding tert-OH is 2. The van der Waals surface area contributed by atoms with Crippen molar-refractivity contribution in [1.82, 2.24) is 19.5 Å². The van der Waals surface area contributed by atoms with Crippen molar-refractivity contribution in [1.29, 1.82) is 0 Å². The molecule has 3 rings (SSSR count). The third-order valence-corrected chi connectivity index (χ3v) is 3.85. The Hall–Kier alpha value is -2.25. The molecule has 23 heavy (non-hydrogen) atoms. The van der Waals surface area contributed by atoms with Crippen LogP contribution in [0.3, 0.4) is 0 Å². The molecule has 9 nitrogen and oxygen atoms in total. The molecule has 3 heterocycles. The molecular formula is C14H17N5O4. The second-order valence-electron chi connectivity index (χ2n) is 5.20. The Morgan fingerprint density at radius 3 is 2.91 bits per heavy atom. The average Bonchev–Trinajstić information content (AvgIpc) is 3.09. The van der Waals surface area contributed by atoms with Crippen molar-refractivity contribution < 1.29 is 20.1 Å². The maximum atomic E-state index is 10.6. The molecule has 0 radical (unpaired) electrons. The summed E-state index contributed by atoms with van der Waals surface area (Å²) in [7, 11) is 0. The molecule has 1 aliphatic rings. The van der Waals surface area contributed by atoms with Gasteiger partial charge in [0.1, 0.15) is 18.5 Å². The zero-order valence-electron chi connectivity index (χ0n) is 12.4. The van der Waals surface area contributed by atoms with Gasteiger partial charge in [0.15, 0.2) is 28.8 Å². The molecule has 0 unspecified atom stereocenters. The highest BCUT2D eigenvalue weighted by Gasteiger charge is 2.55. The zero-order chi connectivity index (χ0) is 16.6. The van der Waals surface area contributed by atoms with Gasteiger partial charge in [-0.3, -0.25) is 4.57 Å². The Morgan fingerprint density at radius 2 is 2.26 bits per heavy atom. The fourth-order valence-corrected chi connectivity index (χ4v) is 2.67. The molecule has 122 valence electrons. The van der Waals surface area contributed by atoms with Gasteiger partial charge in [-0.1, -0.05) is 5.92 Å². The Balaban J connectivity index is 2.10. The number of terminal acetylenes is 1. The summed E-state index contributed by atoms with van der Waals surface area (Å²) < 4.78 is 6.96. The van der Waals surface area contributed by atoms with Crippen molar-refractivity contribution >= 4 is 17.0 Å². The van der Waals surface area contributed by atoms with E-state index >= 15 is 0 Å². The number of nitrogens with zero attached hydrogens (tertiary/aromatic N) is 4. The minimum Gasteiger partial charge on any atom is -0.394 e. The number of imidazole rings is 1. The third-order valence-electron chi connectivity index (χ3n) is 3.85. The van der Waals surface area contributed by atoms with Crippen molar-refractivity contribution in [3.8, 4) is 12.3 Å². The molecule has 0 aliphatic carbocycles. The molecule has 0 aromatic carbocycles. The molecule has 9 heteroatoms. The maximum Gasteiger partial charge on any atom is 0.199 e. The van der Waals surface area contributed by atoms with Crippen LogP contribution in [0.4, 0.5) is 5.82 Å². The Kier molecular flexibility index (Phi) is 3.91. The van der Waals surface area contributed by atoms with Gasteiger partial charge in [-0.15, -0.1) is 6.42 Å². The van der Waals surface area contributed by atoms with Gasteiger partial charge in [0, 0.05) is 6.54 Å². The number of ether oxygens (including phenoxy) is 1. The lowest BCUT2D eigenvalue weighted by Gasteiger charge is -2.26. The minimum absolute atomic E-state index is 0.389. The summed E-state index contributed by atoms with van der Waals surface area (Å²) in [6.07, 6.45) is 4.57. The molecule has 0 bridgehead atoms. The van der Waals surface area contributed by atoms with Crippen LogP contribution in [-0.4, -0.2) is 65.8 Å². The van der Waals surface area contributed by atoms with Gasteiger partial charge in [0.2, 0.25) is 0 Å². The lowest BCUT2D eigenvalue weighted by molar-refractivity contribution is -0.0721. The molecular weight excluding hydrogens is 302 g/mol. The van der Waals surface area contributed by atoms with Crippen molar-refractivity contribution in [2.24, 2.45) is 0 Å². The first-order valence-corrected chi connectivity index (χ1v) is 7.12. The average molecular weight is 319 g/mol. The van der Waals surface area contributed by atoms with Crippen LogP contribution in [0.15, 0.2) is 12.7 Å². The number of aliphatic hydroxyl groups is 3. The fourth-order valence-electron chi connectivity index (χ4n) is 2.67. The SMILES string of the molecule is C#C[C@@]1(O)[C@H](O)[C@@H](CO)O[C@H]1n1cnc2c(NCC)ncnc21. The molecule has 1 aliphatic heterocycles. The Bertz CT molecular complexity index is 757. The topological polar surface area (TPSA) is 126 Å². The molecule has 4 N–H and O–H groups in total. The van der Waals surface area contributed by atoms with E-state index in [0.29, 0.717) is 23.5 Å². The number of fused-ring (bicyclic) bond motifs is 1. The first-order chi connectivity index (χ1) is 11.1. The summed E-state index contributed by atoms with van der Waals surface area (Å²) >= 11 is 0. The fraction of sp³-hybridized carbons (Fsp3) is 0.500. The van der Waals surface area contributed by atoms with Crippen LogP contribution in [0, 0.1) is 12.3 Å². The second-order valence-corrected chi connectivity index (χ2v) is 5.20. The minimum atomic E-state index is -2.01. The van der Waals surface area contributed by atoms with Crippen molar-refractivity contribution in [2.75, 3.05) is 18.5 Å². The monoisotopic (exact) mass is 319 g/mol. The summed E-state index contributed by atoms with van der Waals surface area (Å²) in [5, 5.41) is 33.1. The first kappa shape index (κ1) is 15.6. The summed E-state index contributed by atoms with van der Waals surface area (Å²) in [4.78, 5) is 12.5. The van der Waals surface area contributed by atoms with Crippen molar-refractivity contribution in [3.63, 3.8) is 0 Å². The summed E-state index contributed by atoms with van der Waals surface area (Å²) in [6, 6.07) is 0. The first-order valence-electron chi connectivity index (χ1n) is 7.12. The predicted octanol–water partition coefficient (Wildman–Crippen LogP) is -1.13. The number of anilines is 1. The highest BCUT2D eigenvalue weighted by atomic mass is 16.6. The molecule has 2 aromatic heterocycles. The number of hydrogen-bond acceptors (Lipinski definition) is 8.